The molecule has 1 fully saturated rings. The number of hydrogen-bond donors (Lipinski definition) is 1. The molecule has 1 amide bonds. The van der Waals surface area contributed by atoms with Crippen LogP contribution in [0.5, 0.6) is 5.75 Å². The molecule has 1 N–H and O–H groups in total. The van der Waals surface area contributed by atoms with Gasteiger partial charge in [0.1, 0.15) is 12.4 Å². The van der Waals surface area contributed by atoms with Crippen LogP contribution in [0.4, 0.5) is 0 Å². The van der Waals surface area contributed by atoms with Gasteiger partial charge in [-0.25, -0.2) is 0 Å². The highest BCUT2D eigenvalue weighted by atomic mass is 16.5. The van der Waals surface area contributed by atoms with Crippen LogP contribution in [0.2, 0.25) is 0 Å². The third-order valence-electron chi connectivity index (χ3n) is 4.65. The van der Waals surface area contributed by atoms with Crippen molar-refractivity contribution in [2.45, 2.75) is 19.4 Å². The second-order valence-corrected chi connectivity index (χ2v) is 6.62. The summed E-state index contributed by atoms with van der Waals surface area (Å²) < 4.78 is 5.75. The Morgan fingerprint density at radius 2 is 1.92 bits per heavy atom. The number of ether oxygens (including phenoxy) is 1. The molecule has 132 valence electrons. The number of hydrogen-bond acceptors (Lipinski definition) is 3. The normalized spacial score (nSPS) is 17.3. The Balaban J connectivity index is 1.57. The Morgan fingerprint density at radius 3 is 2.64 bits per heavy atom. The van der Waals surface area contributed by atoms with E-state index in [9.17, 15) is 4.79 Å². The summed E-state index contributed by atoms with van der Waals surface area (Å²) in [5.74, 6) is 1.55. The Bertz CT molecular complexity index is 668. The standard InChI is InChI=1S/C21H26N2O2/c1-22-14-18-6-5-13-23(15-18)21(24)19-11-9-17(10-12-19)16-25-20-7-3-2-4-8-20/h2-4,7-12,18,22H,5-6,13-16H2,1H3. The quantitative estimate of drug-likeness (QED) is 0.878. The second-order valence-electron chi connectivity index (χ2n) is 6.62. The first-order valence-electron chi connectivity index (χ1n) is 8.97. The number of para-hydroxylation sites is 1. The molecule has 2 aromatic carbocycles. The molecule has 1 saturated heterocycles. The van der Waals surface area contributed by atoms with Gasteiger partial charge >= 0.3 is 0 Å². The van der Waals surface area contributed by atoms with E-state index in [1.54, 1.807) is 0 Å². The molecular weight excluding hydrogens is 312 g/mol. The maximum Gasteiger partial charge on any atom is 0.253 e. The molecule has 3 rings (SSSR count). The van der Waals surface area contributed by atoms with Gasteiger partial charge in [0.05, 0.1) is 0 Å². The van der Waals surface area contributed by atoms with Crippen molar-refractivity contribution in [3.05, 3.63) is 65.7 Å². The van der Waals surface area contributed by atoms with Crippen LogP contribution in [0.1, 0.15) is 28.8 Å². The summed E-state index contributed by atoms with van der Waals surface area (Å²) >= 11 is 0. The van der Waals surface area contributed by atoms with E-state index in [-0.39, 0.29) is 5.91 Å². The summed E-state index contributed by atoms with van der Waals surface area (Å²) in [5, 5.41) is 3.22. The van der Waals surface area contributed by atoms with Crippen LogP contribution in [0.3, 0.4) is 0 Å². The molecule has 1 aliphatic rings. The molecule has 1 unspecified atom stereocenters. The molecule has 1 atom stereocenters. The van der Waals surface area contributed by atoms with E-state index in [1.165, 1.54) is 6.42 Å². The first-order valence-corrected chi connectivity index (χ1v) is 8.97. The fourth-order valence-corrected chi connectivity index (χ4v) is 3.31. The highest BCUT2D eigenvalue weighted by molar-refractivity contribution is 5.94. The highest BCUT2D eigenvalue weighted by Crippen LogP contribution is 2.19. The van der Waals surface area contributed by atoms with Gasteiger partial charge in [-0.15, -0.1) is 0 Å². The average Bonchev–Trinajstić information content (AvgIpc) is 2.67. The van der Waals surface area contributed by atoms with Crippen molar-refractivity contribution in [3.63, 3.8) is 0 Å². The lowest BCUT2D eigenvalue weighted by Crippen LogP contribution is -2.42. The Morgan fingerprint density at radius 1 is 1.16 bits per heavy atom. The zero-order valence-electron chi connectivity index (χ0n) is 14.8. The van der Waals surface area contributed by atoms with Crippen LogP contribution < -0.4 is 10.1 Å². The van der Waals surface area contributed by atoms with Crippen LogP contribution >= 0.6 is 0 Å². The second kappa shape index (κ2) is 8.67. The molecule has 0 saturated carbocycles. The van der Waals surface area contributed by atoms with Crippen molar-refractivity contribution in [1.82, 2.24) is 10.2 Å². The fourth-order valence-electron chi connectivity index (χ4n) is 3.31. The molecule has 1 aliphatic heterocycles. The van der Waals surface area contributed by atoms with Gasteiger partial charge in [0, 0.05) is 18.7 Å². The zero-order valence-corrected chi connectivity index (χ0v) is 14.8. The van der Waals surface area contributed by atoms with E-state index in [0.717, 1.165) is 42.9 Å². The number of likely N-dealkylation sites (tertiary alicyclic amines) is 1. The topological polar surface area (TPSA) is 41.6 Å². The fraction of sp³-hybridized carbons (Fsp3) is 0.381. The first kappa shape index (κ1) is 17.5. The monoisotopic (exact) mass is 338 g/mol. The van der Waals surface area contributed by atoms with E-state index < -0.39 is 0 Å². The lowest BCUT2D eigenvalue weighted by Gasteiger charge is -2.32. The maximum atomic E-state index is 12.7. The van der Waals surface area contributed by atoms with Crippen molar-refractivity contribution in [3.8, 4) is 5.75 Å². The van der Waals surface area contributed by atoms with Gasteiger partial charge in [0.15, 0.2) is 0 Å². The van der Waals surface area contributed by atoms with E-state index in [2.05, 4.69) is 5.32 Å². The minimum absolute atomic E-state index is 0.135. The van der Waals surface area contributed by atoms with Crippen LogP contribution in [0.15, 0.2) is 54.6 Å². The first-order chi connectivity index (χ1) is 12.3. The van der Waals surface area contributed by atoms with Gasteiger partial charge in [-0.3, -0.25) is 4.79 Å². The average molecular weight is 338 g/mol. The summed E-state index contributed by atoms with van der Waals surface area (Å²) in [7, 11) is 1.97. The van der Waals surface area contributed by atoms with Gasteiger partial charge < -0.3 is 15.0 Å². The van der Waals surface area contributed by atoms with Crippen LogP contribution in [-0.4, -0.2) is 37.5 Å². The maximum absolute atomic E-state index is 12.7. The molecule has 0 radical (unpaired) electrons. The number of benzene rings is 2. The molecule has 25 heavy (non-hydrogen) atoms. The van der Waals surface area contributed by atoms with E-state index in [1.807, 2.05) is 66.5 Å². The number of rotatable bonds is 6. The highest BCUT2D eigenvalue weighted by Gasteiger charge is 2.23. The Hall–Kier alpha value is -2.33. The van der Waals surface area contributed by atoms with Crippen molar-refractivity contribution in [1.29, 1.82) is 0 Å². The summed E-state index contributed by atoms with van der Waals surface area (Å²) in [6.45, 7) is 3.18. The molecule has 0 aromatic heterocycles. The smallest absolute Gasteiger partial charge is 0.253 e. The van der Waals surface area contributed by atoms with E-state index in [0.29, 0.717) is 12.5 Å². The van der Waals surface area contributed by atoms with E-state index in [4.69, 9.17) is 4.74 Å². The summed E-state index contributed by atoms with van der Waals surface area (Å²) in [6, 6.07) is 17.5. The number of carbonyl (C=O) groups is 1. The molecule has 0 aliphatic carbocycles. The molecular formula is C21H26N2O2. The van der Waals surface area contributed by atoms with Gasteiger partial charge in [0.25, 0.3) is 5.91 Å². The molecule has 2 aromatic rings. The van der Waals surface area contributed by atoms with Gasteiger partial charge in [-0.2, -0.15) is 0 Å². The molecule has 4 nitrogen and oxygen atoms in total. The minimum Gasteiger partial charge on any atom is -0.489 e. The number of piperidine rings is 1. The van der Waals surface area contributed by atoms with Crippen molar-refractivity contribution >= 4 is 5.91 Å². The van der Waals surface area contributed by atoms with Crippen LogP contribution in [-0.2, 0) is 6.61 Å². The van der Waals surface area contributed by atoms with Crippen LogP contribution in [0.25, 0.3) is 0 Å². The minimum atomic E-state index is 0.135. The summed E-state index contributed by atoms with van der Waals surface area (Å²) in [6.07, 6.45) is 2.28. The molecule has 0 bridgehead atoms. The predicted molar refractivity (Wildman–Crippen MR) is 99.8 cm³/mol. The van der Waals surface area contributed by atoms with Gasteiger partial charge in [-0.05, 0) is 62.2 Å². The van der Waals surface area contributed by atoms with Crippen LogP contribution in [0, 0.1) is 5.92 Å². The SMILES string of the molecule is CNCC1CCCN(C(=O)c2ccc(COc3ccccc3)cc2)C1. The third kappa shape index (κ3) is 4.83. The number of carbonyl (C=O) groups excluding carboxylic acids is 1. The molecule has 0 spiro atoms. The Kier molecular flexibility index (Phi) is 6.07. The summed E-state index contributed by atoms with van der Waals surface area (Å²) in [4.78, 5) is 14.7. The van der Waals surface area contributed by atoms with Crippen molar-refractivity contribution in [2.24, 2.45) is 5.92 Å². The lowest BCUT2D eigenvalue weighted by atomic mass is 9.97. The third-order valence-corrected chi connectivity index (χ3v) is 4.65. The van der Waals surface area contributed by atoms with Crippen molar-refractivity contribution in [2.75, 3.05) is 26.7 Å². The van der Waals surface area contributed by atoms with E-state index >= 15 is 0 Å². The summed E-state index contributed by atoms with van der Waals surface area (Å²) in [5.41, 5.74) is 1.82. The lowest BCUT2D eigenvalue weighted by molar-refractivity contribution is 0.0674. The predicted octanol–water partition coefficient (Wildman–Crippen LogP) is 3.34. The Labute approximate surface area is 149 Å². The van der Waals surface area contributed by atoms with Crippen molar-refractivity contribution < 1.29 is 9.53 Å². The van der Waals surface area contributed by atoms with Gasteiger partial charge in [-0.1, -0.05) is 30.3 Å². The largest absolute Gasteiger partial charge is 0.489 e. The van der Waals surface area contributed by atoms with Gasteiger partial charge in [0.2, 0.25) is 0 Å². The number of nitrogens with zero attached hydrogens (tertiary/aromatic N) is 1. The molecule has 1 heterocycles. The zero-order chi connectivity index (χ0) is 17.5. The number of nitrogens with one attached hydrogen (secondary N) is 1. The number of amides is 1. The molecule has 4 heteroatoms.